The van der Waals surface area contributed by atoms with E-state index in [-0.39, 0.29) is 12.5 Å². The van der Waals surface area contributed by atoms with E-state index in [0.29, 0.717) is 31.6 Å². The molecule has 0 bridgehead atoms. The number of carbonyl (C=O) groups is 1. The summed E-state index contributed by atoms with van der Waals surface area (Å²) in [5, 5.41) is 19.4. The van der Waals surface area contributed by atoms with Gasteiger partial charge in [-0.25, -0.2) is 0 Å². The molecular formula is C22H24N4O2. The highest BCUT2D eigenvalue weighted by molar-refractivity contribution is 5.86. The van der Waals surface area contributed by atoms with Crippen molar-refractivity contribution in [2.24, 2.45) is 5.73 Å². The van der Waals surface area contributed by atoms with Crippen LogP contribution >= 0.6 is 0 Å². The van der Waals surface area contributed by atoms with E-state index in [1.165, 1.54) is 11.1 Å². The van der Waals surface area contributed by atoms with Crippen molar-refractivity contribution in [2.45, 2.75) is 25.3 Å². The van der Waals surface area contributed by atoms with Crippen LogP contribution in [-0.4, -0.2) is 31.2 Å². The first-order valence-corrected chi connectivity index (χ1v) is 9.07. The monoisotopic (exact) mass is 376 g/mol. The van der Waals surface area contributed by atoms with Crippen LogP contribution in [-0.2, 0) is 9.53 Å². The van der Waals surface area contributed by atoms with Crippen molar-refractivity contribution in [1.82, 2.24) is 5.32 Å². The predicted molar refractivity (Wildman–Crippen MR) is 107 cm³/mol. The average molecular weight is 376 g/mol. The van der Waals surface area contributed by atoms with E-state index in [1.54, 1.807) is 0 Å². The van der Waals surface area contributed by atoms with Gasteiger partial charge in [-0.15, -0.1) is 0 Å². The molecule has 144 valence electrons. The van der Waals surface area contributed by atoms with Crippen molar-refractivity contribution >= 4 is 5.91 Å². The first kappa shape index (κ1) is 21.1. The quantitative estimate of drug-likeness (QED) is 0.800. The van der Waals surface area contributed by atoms with E-state index in [0.717, 1.165) is 5.56 Å². The largest absolute Gasteiger partial charge is 0.381 e. The molecule has 6 heteroatoms. The molecule has 0 aromatic heterocycles. The Labute approximate surface area is 165 Å². The van der Waals surface area contributed by atoms with Crippen LogP contribution in [0.3, 0.4) is 0 Å². The Morgan fingerprint density at radius 1 is 1.07 bits per heavy atom. The Hall–Kier alpha value is -3.19. The summed E-state index contributed by atoms with van der Waals surface area (Å²) in [7, 11) is 0. The third kappa shape index (κ3) is 5.92. The molecule has 1 fully saturated rings. The smallest absolute Gasteiger partial charge is 0.241 e. The minimum Gasteiger partial charge on any atom is -0.381 e. The summed E-state index contributed by atoms with van der Waals surface area (Å²) in [6.07, 6.45) is 1.04. The van der Waals surface area contributed by atoms with Crippen LogP contribution in [0.5, 0.6) is 0 Å². The lowest BCUT2D eigenvalue weighted by Crippen LogP contribution is -2.56. The average Bonchev–Trinajstić information content (AvgIpc) is 2.73. The first-order valence-electron chi connectivity index (χ1n) is 9.07. The Kier molecular flexibility index (Phi) is 7.71. The molecule has 0 atom stereocenters. The number of ether oxygens (including phenoxy) is 1. The summed E-state index contributed by atoms with van der Waals surface area (Å²) in [6, 6.07) is 20.0. The number of nitrogens with zero attached hydrogens (tertiary/aromatic N) is 2. The molecule has 3 rings (SSSR count). The van der Waals surface area contributed by atoms with E-state index in [1.807, 2.05) is 30.3 Å². The van der Waals surface area contributed by atoms with Crippen molar-refractivity contribution in [2.75, 3.05) is 19.8 Å². The molecule has 1 aliphatic rings. The first-order chi connectivity index (χ1) is 13.5. The molecule has 6 nitrogen and oxygen atoms in total. The third-order valence-electron chi connectivity index (χ3n) is 4.56. The van der Waals surface area contributed by atoms with Crippen LogP contribution in [0.4, 0.5) is 0 Å². The summed E-state index contributed by atoms with van der Waals surface area (Å²) in [5.41, 5.74) is 9.29. The van der Waals surface area contributed by atoms with Crippen LogP contribution in [0.25, 0.3) is 11.1 Å². The van der Waals surface area contributed by atoms with Crippen LogP contribution < -0.4 is 11.1 Å². The van der Waals surface area contributed by atoms with Crippen molar-refractivity contribution in [3.8, 4) is 23.3 Å². The van der Waals surface area contributed by atoms with Crippen molar-refractivity contribution in [3.05, 3.63) is 59.7 Å². The van der Waals surface area contributed by atoms with Gasteiger partial charge in [0.1, 0.15) is 6.54 Å². The zero-order chi connectivity index (χ0) is 20.4. The number of nitriles is 2. The molecule has 0 spiro atoms. The zero-order valence-electron chi connectivity index (χ0n) is 15.9. The summed E-state index contributed by atoms with van der Waals surface area (Å²) < 4.78 is 5.09. The fraction of sp³-hybridized carbons (Fsp3) is 0.318. The van der Waals surface area contributed by atoms with Crippen molar-refractivity contribution in [1.29, 1.82) is 10.5 Å². The topological polar surface area (TPSA) is 112 Å². The highest BCUT2D eigenvalue weighted by atomic mass is 16.5. The van der Waals surface area contributed by atoms with Gasteiger partial charge in [0.15, 0.2) is 0 Å². The molecule has 0 saturated carbocycles. The molecule has 1 saturated heterocycles. The predicted octanol–water partition coefficient (Wildman–Crippen LogP) is 2.67. The minimum atomic E-state index is -0.838. The number of nitrogens with one attached hydrogen (secondary N) is 1. The molecule has 1 aliphatic heterocycles. The number of amides is 1. The summed E-state index contributed by atoms with van der Waals surface area (Å²) >= 11 is 0. The van der Waals surface area contributed by atoms with Crippen LogP contribution in [0, 0.1) is 29.6 Å². The lowest BCUT2D eigenvalue weighted by molar-refractivity contribution is -0.129. The summed E-state index contributed by atoms with van der Waals surface area (Å²) in [5.74, 6) is -0.252. The Morgan fingerprint density at radius 3 is 2.11 bits per heavy atom. The second kappa shape index (κ2) is 10.2. The van der Waals surface area contributed by atoms with Crippen LogP contribution in [0.2, 0.25) is 0 Å². The number of hydrogen-bond acceptors (Lipinski definition) is 5. The summed E-state index contributed by atoms with van der Waals surface area (Å²) in [6.45, 7) is 3.11. The maximum atomic E-state index is 11.4. The standard InChI is InChI=1S/C14H11N.C8H13N3O2/c1-11-2-6-13(7-3-11)14-8-4-12(10-15)5-9-14;9-3-4-11-7(12)8(10)1-5-13-6-2-8/h2-9H,1H3;1-2,4-6,10H2,(H,11,12). The molecular weight excluding hydrogens is 352 g/mol. The lowest BCUT2D eigenvalue weighted by atomic mass is 9.90. The van der Waals surface area contributed by atoms with E-state index in [4.69, 9.17) is 21.0 Å². The molecule has 2 aromatic carbocycles. The van der Waals surface area contributed by atoms with Gasteiger partial charge < -0.3 is 15.8 Å². The molecule has 2 aromatic rings. The van der Waals surface area contributed by atoms with Gasteiger partial charge in [0.25, 0.3) is 0 Å². The highest BCUT2D eigenvalue weighted by Gasteiger charge is 2.35. The molecule has 1 heterocycles. The molecule has 0 unspecified atom stereocenters. The maximum Gasteiger partial charge on any atom is 0.241 e. The second-order valence-corrected chi connectivity index (χ2v) is 6.66. The zero-order valence-corrected chi connectivity index (χ0v) is 15.9. The number of carbonyl (C=O) groups excluding carboxylic acids is 1. The van der Waals surface area contributed by atoms with Gasteiger partial charge in [0, 0.05) is 13.2 Å². The van der Waals surface area contributed by atoms with Gasteiger partial charge in [-0.3, -0.25) is 4.79 Å². The van der Waals surface area contributed by atoms with E-state index < -0.39 is 5.54 Å². The Morgan fingerprint density at radius 2 is 1.61 bits per heavy atom. The third-order valence-corrected chi connectivity index (χ3v) is 4.56. The molecule has 0 radical (unpaired) electrons. The number of benzene rings is 2. The fourth-order valence-electron chi connectivity index (χ4n) is 2.74. The molecule has 28 heavy (non-hydrogen) atoms. The highest BCUT2D eigenvalue weighted by Crippen LogP contribution is 2.20. The minimum absolute atomic E-state index is 0.0125. The second-order valence-electron chi connectivity index (χ2n) is 6.66. The molecule has 3 N–H and O–H groups in total. The van der Waals surface area contributed by atoms with Gasteiger partial charge in [-0.05, 0) is 43.0 Å². The van der Waals surface area contributed by atoms with Crippen molar-refractivity contribution in [3.63, 3.8) is 0 Å². The summed E-state index contributed by atoms with van der Waals surface area (Å²) in [4.78, 5) is 11.4. The van der Waals surface area contributed by atoms with Crippen LogP contribution in [0.1, 0.15) is 24.0 Å². The van der Waals surface area contributed by atoms with Gasteiger partial charge in [-0.2, -0.15) is 10.5 Å². The lowest BCUT2D eigenvalue weighted by Gasteiger charge is -2.31. The Bertz CT molecular complexity index is 855. The van der Waals surface area contributed by atoms with Gasteiger partial charge >= 0.3 is 0 Å². The fourth-order valence-corrected chi connectivity index (χ4v) is 2.74. The van der Waals surface area contributed by atoms with Crippen LogP contribution in [0.15, 0.2) is 48.5 Å². The number of hydrogen-bond donors (Lipinski definition) is 2. The van der Waals surface area contributed by atoms with E-state index in [9.17, 15) is 4.79 Å². The Balaban J connectivity index is 0.000000203. The van der Waals surface area contributed by atoms with Gasteiger partial charge in [-0.1, -0.05) is 42.0 Å². The molecule has 0 aliphatic carbocycles. The van der Waals surface area contributed by atoms with E-state index >= 15 is 0 Å². The number of nitrogens with two attached hydrogens (primary N) is 1. The SMILES string of the molecule is Cc1ccc(-c2ccc(C#N)cc2)cc1.N#CCNC(=O)C1(N)CCOCC1. The van der Waals surface area contributed by atoms with E-state index in [2.05, 4.69) is 42.6 Å². The normalized spacial score (nSPS) is 14.6. The number of aryl methyl sites for hydroxylation is 1. The van der Waals surface area contributed by atoms with Gasteiger partial charge in [0.2, 0.25) is 5.91 Å². The number of rotatable bonds is 3. The van der Waals surface area contributed by atoms with Gasteiger partial charge in [0.05, 0.1) is 23.2 Å². The molecule has 1 amide bonds. The van der Waals surface area contributed by atoms with Crippen molar-refractivity contribution < 1.29 is 9.53 Å². The maximum absolute atomic E-state index is 11.4.